The highest BCUT2D eigenvalue weighted by atomic mass is 16.5. The summed E-state index contributed by atoms with van der Waals surface area (Å²) in [5.74, 6) is 0. The van der Waals surface area contributed by atoms with E-state index < -0.39 is 0 Å². The van der Waals surface area contributed by atoms with E-state index >= 15 is 0 Å². The van der Waals surface area contributed by atoms with Gasteiger partial charge in [-0.15, -0.1) is 0 Å². The highest BCUT2D eigenvalue weighted by Gasteiger charge is 2.28. The fourth-order valence-electron chi connectivity index (χ4n) is 2.94. The second-order valence-corrected chi connectivity index (χ2v) is 5.72. The van der Waals surface area contributed by atoms with Crippen molar-refractivity contribution in [1.82, 2.24) is 9.80 Å². The van der Waals surface area contributed by atoms with Crippen molar-refractivity contribution in [3.63, 3.8) is 0 Å². The summed E-state index contributed by atoms with van der Waals surface area (Å²) in [7, 11) is 0. The molecule has 2 fully saturated rings. The van der Waals surface area contributed by atoms with Crippen molar-refractivity contribution in [3.8, 4) is 6.07 Å². The van der Waals surface area contributed by atoms with Crippen molar-refractivity contribution in [1.29, 1.82) is 5.26 Å². The number of likely N-dealkylation sites (tertiary alicyclic amines) is 1. The van der Waals surface area contributed by atoms with Crippen LogP contribution in [0.15, 0.2) is 0 Å². The molecule has 0 saturated carbocycles. The van der Waals surface area contributed by atoms with Crippen LogP contribution in [0.3, 0.4) is 0 Å². The van der Waals surface area contributed by atoms with Crippen LogP contribution in [-0.2, 0) is 4.74 Å². The summed E-state index contributed by atoms with van der Waals surface area (Å²) in [4.78, 5) is 4.79. The lowest BCUT2D eigenvalue weighted by molar-refractivity contribution is -0.0569. The number of morpholine rings is 1. The van der Waals surface area contributed by atoms with Crippen molar-refractivity contribution in [2.75, 3.05) is 32.8 Å². The molecule has 2 heterocycles. The van der Waals surface area contributed by atoms with Crippen LogP contribution < -0.4 is 0 Å². The van der Waals surface area contributed by atoms with E-state index in [1.807, 2.05) is 0 Å². The zero-order valence-electron chi connectivity index (χ0n) is 11.6. The molecule has 0 amide bonds. The molecule has 0 aromatic rings. The number of piperidine rings is 1. The van der Waals surface area contributed by atoms with E-state index in [2.05, 4.69) is 29.7 Å². The molecule has 0 radical (unpaired) electrons. The third-order valence-corrected chi connectivity index (χ3v) is 4.10. The van der Waals surface area contributed by atoms with Gasteiger partial charge in [-0.2, -0.15) is 5.26 Å². The SMILES string of the molecule is CC(C)N1CCOC(CN2CCCCC2C#N)C1. The summed E-state index contributed by atoms with van der Waals surface area (Å²) in [5, 5.41) is 9.19. The monoisotopic (exact) mass is 251 g/mol. The largest absolute Gasteiger partial charge is 0.374 e. The van der Waals surface area contributed by atoms with E-state index in [0.717, 1.165) is 39.2 Å². The number of hydrogen-bond donors (Lipinski definition) is 0. The topological polar surface area (TPSA) is 39.5 Å². The van der Waals surface area contributed by atoms with Crippen LogP contribution in [0, 0.1) is 11.3 Å². The summed E-state index contributed by atoms with van der Waals surface area (Å²) >= 11 is 0. The molecule has 2 unspecified atom stereocenters. The van der Waals surface area contributed by atoms with Gasteiger partial charge in [-0.25, -0.2) is 0 Å². The minimum Gasteiger partial charge on any atom is -0.374 e. The fraction of sp³-hybridized carbons (Fsp3) is 0.929. The molecule has 0 aliphatic carbocycles. The summed E-state index contributed by atoms with van der Waals surface area (Å²) in [5.41, 5.74) is 0. The van der Waals surface area contributed by atoms with E-state index in [0.29, 0.717) is 6.04 Å². The molecule has 18 heavy (non-hydrogen) atoms. The van der Waals surface area contributed by atoms with Crippen molar-refractivity contribution >= 4 is 0 Å². The van der Waals surface area contributed by atoms with Crippen LogP contribution in [0.1, 0.15) is 33.1 Å². The van der Waals surface area contributed by atoms with Crippen LogP contribution in [0.2, 0.25) is 0 Å². The Morgan fingerprint density at radius 3 is 2.89 bits per heavy atom. The lowest BCUT2D eigenvalue weighted by atomic mass is 10.0. The Balaban J connectivity index is 1.86. The number of ether oxygens (including phenoxy) is 1. The molecule has 102 valence electrons. The van der Waals surface area contributed by atoms with E-state index in [4.69, 9.17) is 4.74 Å². The highest BCUT2D eigenvalue weighted by molar-refractivity contribution is 4.95. The van der Waals surface area contributed by atoms with Gasteiger partial charge in [0.2, 0.25) is 0 Å². The van der Waals surface area contributed by atoms with Crippen LogP contribution in [0.25, 0.3) is 0 Å². The Bertz CT molecular complexity index is 300. The standard InChI is InChI=1S/C14H25N3O/c1-12(2)16-7-8-18-14(10-16)11-17-6-4-3-5-13(17)9-15/h12-14H,3-8,10-11H2,1-2H3. The van der Waals surface area contributed by atoms with Gasteiger partial charge in [0, 0.05) is 25.7 Å². The van der Waals surface area contributed by atoms with Gasteiger partial charge >= 0.3 is 0 Å². The summed E-state index contributed by atoms with van der Waals surface area (Å²) in [6.07, 6.45) is 3.71. The number of nitrogens with zero attached hydrogens (tertiary/aromatic N) is 3. The second-order valence-electron chi connectivity index (χ2n) is 5.72. The second kappa shape index (κ2) is 6.51. The third-order valence-electron chi connectivity index (χ3n) is 4.10. The number of rotatable bonds is 3. The molecule has 0 aromatic heterocycles. The Hall–Kier alpha value is -0.630. The maximum Gasteiger partial charge on any atom is 0.0978 e. The Morgan fingerprint density at radius 1 is 1.33 bits per heavy atom. The maximum atomic E-state index is 9.19. The van der Waals surface area contributed by atoms with E-state index in [1.54, 1.807) is 0 Å². The molecular formula is C14H25N3O. The lowest BCUT2D eigenvalue weighted by Gasteiger charge is -2.39. The first-order valence-electron chi connectivity index (χ1n) is 7.20. The van der Waals surface area contributed by atoms with Crippen LogP contribution in [0.5, 0.6) is 0 Å². The molecule has 2 aliphatic rings. The van der Waals surface area contributed by atoms with Crippen molar-refractivity contribution in [3.05, 3.63) is 0 Å². The minimum atomic E-state index is 0.108. The number of hydrogen-bond acceptors (Lipinski definition) is 4. The molecule has 2 saturated heterocycles. The number of nitriles is 1. The zero-order valence-corrected chi connectivity index (χ0v) is 11.6. The average Bonchev–Trinajstić information content (AvgIpc) is 2.39. The molecular weight excluding hydrogens is 226 g/mol. The van der Waals surface area contributed by atoms with Gasteiger partial charge in [-0.05, 0) is 39.7 Å². The predicted molar refractivity (Wildman–Crippen MR) is 71.3 cm³/mol. The van der Waals surface area contributed by atoms with Crippen LogP contribution in [0.4, 0.5) is 0 Å². The summed E-state index contributed by atoms with van der Waals surface area (Å²) in [6, 6.07) is 3.13. The van der Waals surface area contributed by atoms with Gasteiger partial charge in [0.05, 0.1) is 24.8 Å². The zero-order chi connectivity index (χ0) is 13.0. The molecule has 0 N–H and O–H groups in total. The van der Waals surface area contributed by atoms with Crippen molar-refractivity contribution in [2.24, 2.45) is 0 Å². The quantitative estimate of drug-likeness (QED) is 0.761. The molecule has 0 aromatic carbocycles. The van der Waals surface area contributed by atoms with Gasteiger partial charge < -0.3 is 4.74 Å². The molecule has 0 spiro atoms. The normalized spacial score (nSPS) is 31.4. The third kappa shape index (κ3) is 3.44. The Labute approximate surface area is 110 Å². The molecule has 4 nitrogen and oxygen atoms in total. The van der Waals surface area contributed by atoms with E-state index in [-0.39, 0.29) is 12.1 Å². The fourth-order valence-corrected chi connectivity index (χ4v) is 2.94. The Kier molecular flexibility index (Phi) is 4.99. The van der Waals surface area contributed by atoms with Crippen LogP contribution in [-0.4, -0.2) is 60.8 Å². The van der Waals surface area contributed by atoms with Gasteiger partial charge in [0.25, 0.3) is 0 Å². The first kappa shape index (κ1) is 13.8. The van der Waals surface area contributed by atoms with Crippen LogP contribution >= 0.6 is 0 Å². The predicted octanol–water partition coefficient (Wildman–Crippen LogP) is 1.47. The highest BCUT2D eigenvalue weighted by Crippen LogP contribution is 2.18. The van der Waals surface area contributed by atoms with Gasteiger partial charge in [-0.1, -0.05) is 0 Å². The summed E-state index contributed by atoms with van der Waals surface area (Å²) < 4.78 is 5.86. The first-order valence-corrected chi connectivity index (χ1v) is 7.20. The Morgan fingerprint density at radius 2 is 2.17 bits per heavy atom. The molecule has 2 atom stereocenters. The van der Waals surface area contributed by atoms with Gasteiger partial charge in [0.15, 0.2) is 0 Å². The first-order chi connectivity index (χ1) is 8.70. The molecule has 0 bridgehead atoms. The van der Waals surface area contributed by atoms with Gasteiger partial charge in [-0.3, -0.25) is 9.80 Å². The molecule has 4 heteroatoms. The maximum absolute atomic E-state index is 9.19. The van der Waals surface area contributed by atoms with E-state index in [9.17, 15) is 5.26 Å². The van der Waals surface area contributed by atoms with Gasteiger partial charge in [0.1, 0.15) is 0 Å². The molecule has 2 rings (SSSR count). The smallest absolute Gasteiger partial charge is 0.0978 e. The lowest BCUT2D eigenvalue weighted by Crippen LogP contribution is -2.52. The summed E-state index contributed by atoms with van der Waals surface area (Å²) in [6.45, 7) is 9.32. The van der Waals surface area contributed by atoms with E-state index in [1.165, 1.54) is 12.8 Å². The van der Waals surface area contributed by atoms with Crippen molar-refractivity contribution in [2.45, 2.75) is 51.3 Å². The molecule has 2 aliphatic heterocycles. The van der Waals surface area contributed by atoms with Crippen molar-refractivity contribution < 1.29 is 4.74 Å². The average molecular weight is 251 g/mol. The minimum absolute atomic E-state index is 0.108.